The molecule has 0 atom stereocenters. The van der Waals surface area contributed by atoms with E-state index in [0.29, 0.717) is 11.6 Å². The van der Waals surface area contributed by atoms with Gasteiger partial charge in [0.15, 0.2) is 0 Å². The Kier molecular flexibility index (Phi) is 3.02. The first-order valence-corrected chi connectivity index (χ1v) is 3.88. The molecule has 1 heterocycles. The molecule has 0 radical (unpaired) electrons. The predicted molar refractivity (Wildman–Crippen MR) is 37.9 cm³/mol. The molecule has 0 saturated carbocycles. The first-order chi connectivity index (χ1) is 4.93. The number of thioether (sulfide) groups is 1. The van der Waals surface area contributed by atoms with E-state index in [1.54, 1.807) is 6.20 Å². The number of aldehydes is 1. The van der Waals surface area contributed by atoms with Crippen LogP contribution >= 0.6 is 11.8 Å². The number of aromatic nitrogens is 1. The number of hydrogen-bond acceptors (Lipinski definition) is 4. The third-order valence-electron chi connectivity index (χ3n) is 0.871. The highest BCUT2D eigenvalue weighted by molar-refractivity contribution is 7.99. The third-order valence-corrected chi connectivity index (χ3v) is 1.76. The number of carbonyl (C=O) groups is 1. The van der Waals surface area contributed by atoms with Crippen molar-refractivity contribution in [3.63, 3.8) is 0 Å². The van der Waals surface area contributed by atoms with Crippen molar-refractivity contribution in [3.8, 4) is 0 Å². The van der Waals surface area contributed by atoms with Gasteiger partial charge in [0.1, 0.15) is 12.5 Å². The molecule has 54 valence electrons. The van der Waals surface area contributed by atoms with Crippen molar-refractivity contribution in [2.75, 3.05) is 5.75 Å². The number of hydrogen-bond donors (Lipinski definition) is 0. The van der Waals surface area contributed by atoms with Crippen molar-refractivity contribution in [2.45, 2.75) is 11.6 Å². The molecule has 1 aromatic rings. The van der Waals surface area contributed by atoms with Crippen LogP contribution in [0.1, 0.15) is 6.42 Å². The smallest absolute Gasteiger partial charge is 0.255 e. The maximum Gasteiger partial charge on any atom is 0.255 e. The minimum atomic E-state index is 0.549. The Morgan fingerprint density at radius 3 is 3.30 bits per heavy atom. The second-order valence-electron chi connectivity index (χ2n) is 1.60. The van der Waals surface area contributed by atoms with Crippen LogP contribution in [0.2, 0.25) is 0 Å². The third kappa shape index (κ3) is 2.23. The summed E-state index contributed by atoms with van der Waals surface area (Å²) < 4.78 is 4.92. The Morgan fingerprint density at radius 1 is 1.80 bits per heavy atom. The highest BCUT2D eigenvalue weighted by Gasteiger charge is 1.95. The molecule has 1 rings (SSSR count). The number of nitrogens with zero attached hydrogens (tertiary/aromatic N) is 1. The first-order valence-electron chi connectivity index (χ1n) is 2.89. The minimum absolute atomic E-state index is 0.549. The number of oxazole rings is 1. The van der Waals surface area contributed by atoms with Crippen LogP contribution in [0, 0.1) is 0 Å². The second kappa shape index (κ2) is 4.11. The average molecular weight is 157 g/mol. The van der Waals surface area contributed by atoms with Gasteiger partial charge >= 0.3 is 0 Å². The molecule has 0 aliphatic rings. The van der Waals surface area contributed by atoms with E-state index in [0.717, 1.165) is 12.0 Å². The van der Waals surface area contributed by atoms with Gasteiger partial charge in [-0.3, -0.25) is 0 Å². The van der Waals surface area contributed by atoms with Crippen molar-refractivity contribution in [1.82, 2.24) is 4.98 Å². The number of rotatable bonds is 4. The van der Waals surface area contributed by atoms with Crippen LogP contribution in [0.4, 0.5) is 0 Å². The lowest BCUT2D eigenvalue weighted by Gasteiger charge is -1.87. The number of carbonyl (C=O) groups excluding carboxylic acids is 1. The summed E-state index contributed by atoms with van der Waals surface area (Å²) in [7, 11) is 0. The maximum atomic E-state index is 9.87. The summed E-state index contributed by atoms with van der Waals surface area (Å²) >= 11 is 1.44. The van der Waals surface area contributed by atoms with Crippen molar-refractivity contribution < 1.29 is 9.21 Å². The average Bonchev–Trinajstić information content (AvgIpc) is 2.41. The Balaban J connectivity index is 2.21. The van der Waals surface area contributed by atoms with E-state index in [9.17, 15) is 4.79 Å². The van der Waals surface area contributed by atoms with Gasteiger partial charge in [0.05, 0.1) is 6.20 Å². The highest BCUT2D eigenvalue weighted by Crippen LogP contribution is 2.14. The van der Waals surface area contributed by atoms with Crippen molar-refractivity contribution in [1.29, 1.82) is 0 Å². The van der Waals surface area contributed by atoms with Gasteiger partial charge in [0, 0.05) is 12.2 Å². The second-order valence-corrected chi connectivity index (χ2v) is 2.65. The summed E-state index contributed by atoms with van der Waals surface area (Å²) in [5.41, 5.74) is 0. The van der Waals surface area contributed by atoms with Crippen molar-refractivity contribution in [3.05, 3.63) is 12.5 Å². The fourth-order valence-electron chi connectivity index (χ4n) is 0.476. The van der Waals surface area contributed by atoms with Gasteiger partial charge in [0.25, 0.3) is 5.22 Å². The minimum Gasteiger partial charge on any atom is -0.440 e. The summed E-state index contributed by atoms with van der Waals surface area (Å²) in [6.45, 7) is 0. The summed E-state index contributed by atoms with van der Waals surface area (Å²) in [5.74, 6) is 0.740. The van der Waals surface area contributed by atoms with E-state index in [1.165, 1.54) is 18.0 Å². The van der Waals surface area contributed by atoms with Crippen LogP contribution in [-0.4, -0.2) is 17.0 Å². The Bertz CT molecular complexity index is 186. The topological polar surface area (TPSA) is 43.1 Å². The van der Waals surface area contributed by atoms with Gasteiger partial charge in [-0.15, -0.1) is 0 Å². The van der Waals surface area contributed by atoms with E-state index in [4.69, 9.17) is 4.42 Å². The molecule has 0 aliphatic heterocycles. The molecule has 0 bridgehead atoms. The summed E-state index contributed by atoms with van der Waals surface area (Å²) in [6.07, 6.45) is 4.54. The van der Waals surface area contributed by atoms with Crippen LogP contribution in [0.25, 0.3) is 0 Å². The van der Waals surface area contributed by atoms with E-state index in [1.807, 2.05) is 0 Å². The van der Waals surface area contributed by atoms with Crippen molar-refractivity contribution in [2.24, 2.45) is 0 Å². The first kappa shape index (κ1) is 7.34. The van der Waals surface area contributed by atoms with E-state index >= 15 is 0 Å². The fourth-order valence-corrected chi connectivity index (χ4v) is 1.12. The lowest BCUT2D eigenvalue weighted by atomic mass is 10.6. The molecule has 1 aromatic heterocycles. The lowest BCUT2D eigenvalue weighted by molar-refractivity contribution is -0.107. The molecule has 0 aromatic carbocycles. The monoisotopic (exact) mass is 157 g/mol. The largest absolute Gasteiger partial charge is 0.440 e. The quantitative estimate of drug-likeness (QED) is 0.376. The summed E-state index contributed by atoms with van der Waals surface area (Å²) in [5, 5.41) is 0.627. The van der Waals surface area contributed by atoms with Crippen LogP contribution < -0.4 is 0 Å². The lowest BCUT2D eigenvalue weighted by Crippen LogP contribution is -1.79. The van der Waals surface area contributed by atoms with Crippen LogP contribution in [0.5, 0.6) is 0 Å². The highest BCUT2D eigenvalue weighted by atomic mass is 32.2. The van der Waals surface area contributed by atoms with Crippen LogP contribution in [0.3, 0.4) is 0 Å². The molecule has 0 saturated heterocycles. The molecule has 0 amide bonds. The van der Waals surface area contributed by atoms with E-state index in [2.05, 4.69) is 4.98 Å². The van der Waals surface area contributed by atoms with Gasteiger partial charge in [-0.1, -0.05) is 11.8 Å². The molecule has 0 spiro atoms. The standard InChI is InChI=1S/C6H7NO2S/c8-3-1-5-10-6-7-2-4-9-6/h2-4H,1,5H2. The van der Waals surface area contributed by atoms with Gasteiger partial charge in [-0.2, -0.15) is 0 Å². The Hall–Kier alpha value is -0.770. The van der Waals surface area contributed by atoms with Crippen molar-refractivity contribution >= 4 is 18.0 Å². The SMILES string of the molecule is O=CCCSc1ncco1. The molecule has 4 heteroatoms. The van der Waals surface area contributed by atoms with Crippen LogP contribution in [0.15, 0.2) is 22.1 Å². The molecule has 3 nitrogen and oxygen atoms in total. The van der Waals surface area contributed by atoms with Gasteiger partial charge < -0.3 is 9.21 Å². The summed E-state index contributed by atoms with van der Waals surface area (Å²) in [4.78, 5) is 13.7. The Labute approximate surface area is 62.8 Å². The van der Waals surface area contributed by atoms with Gasteiger partial charge in [0.2, 0.25) is 0 Å². The zero-order valence-corrected chi connectivity index (χ0v) is 6.13. The molecule has 10 heavy (non-hydrogen) atoms. The molecule has 0 fully saturated rings. The Morgan fingerprint density at radius 2 is 2.70 bits per heavy atom. The fraction of sp³-hybridized carbons (Fsp3) is 0.333. The zero-order valence-electron chi connectivity index (χ0n) is 5.32. The van der Waals surface area contributed by atoms with Gasteiger partial charge in [-0.25, -0.2) is 4.98 Å². The molecular weight excluding hydrogens is 150 g/mol. The normalized spacial score (nSPS) is 9.60. The molecule has 0 aliphatic carbocycles. The molecular formula is C6H7NO2S. The van der Waals surface area contributed by atoms with Gasteiger partial charge in [-0.05, 0) is 0 Å². The van der Waals surface area contributed by atoms with E-state index in [-0.39, 0.29) is 0 Å². The maximum absolute atomic E-state index is 9.87. The zero-order chi connectivity index (χ0) is 7.23. The predicted octanol–water partition coefficient (Wildman–Crippen LogP) is 1.36. The van der Waals surface area contributed by atoms with Crippen LogP contribution in [-0.2, 0) is 4.79 Å². The van der Waals surface area contributed by atoms with E-state index < -0.39 is 0 Å². The molecule has 0 N–H and O–H groups in total. The summed E-state index contributed by atoms with van der Waals surface area (Å²) in [6, 6.07) is 0. The molecule has 0 unspecified atom stereocenters.